The van der Waals surface area contributed by atoms with Crippen LogP contribution in [0.1, 0.15) is 17.5 Å². The molecule has 0 aromatic heterocycles. The van der Waals surface area contributed by atoms with Gasteiger partial charge in [-0.25, -0.2) is 9.18 Å². The number of ether oxygens (including phenoxy) is 2. The third-order valence-corrected chi connectivity index (χ3v) is 8.92. The molecule has 0 bridgehead atoms. The molecule has 5 rings (SSSR count). The lowest BCUT2D eigenvalue weighted by molar-refractivity contribution is -0.140. The lowest BCUT2D eigenvalue weighted by atomic mass is 9.94. The number of amides is 4. The topological polar surface area (TPSA) is 91.4 Å². The Kier molecular flexibility index (Phi) is 9.24. The minimum Gasteiger partial charge on any atom is -0.496 e. The predicted octanol–water partition coefficient (Wildman–Crippen LogP) is 5.43. The number of nitrogens with zero attached hydrogens (tertiary/aromatic N) is 3. The van der Waals surface area contributed by atoms with E-state index in [9.17, 15) is 14.4 Å². The van der Waals surface area contributed by atoms with Crippen molar-refractivity contribution in [1.82, 2.24) is 14.7 Å². The Morgan fingerprint density at radius 1 is 1.14 bits per heavy atom. The van der Waals surface area contributed by atoms with E-state index in [4.69, 9.17) is 21.1 Å². The van der Waals surface area contributed by atoms with Crippen LogP contribution in [0.2, 0.25) is 5.02 Å². The molecule has 4 amide bonds. The van der Waals surface area contributed by atoms with Crippen molar-refractivity contribution in [2.45, 2.75) is 25.9 Å². The largest absolute Gasteiger partial charge is 0.496 e. The zero-order chi connectivity index (χ0) is 31.7. The number of anilines is 1. The molecule has 9 nitrogen and oxygen atoms in total. The molecule has 3 aromatic carbocycles. The normalized spacial score (nSPS) is 18.7. The average Bonchev–Trinajstić information content (AvgIpc) is 3.55. The van der Waals surface area contributed by atoms with Gasteiger partial charge in [-0.3, -0.25) is 19.4 Å². The Labute approximate surface area is 261 Å². The van der Waals surface area contributed by atoms with Crippen LogP contribution in [0, 0.1) is 18.7 Å². The van der Waals surface area contributed by atoms with E-state index < -0.39 is 23.8 Å². The zero-order valence-electron chi connectivity index (χ0n) is 25.4. The van der Waals surface area contributed by atoms with E-state index in [1.165, 1.54) is 25.1 Å². The van der Waals surface area contributed by atoms with Gasteiger partial charge in [0.25, 0.3) is 0 Å². The van der Waals surface area contributed by atoms with Crippen LogP contribution in [0.5, 0.6) is 5.75 Å². The van der Waals surface area contributed by atoms with Crippen molar-refractivity contribution in [3.05, 3.63) is 70.5 Å². The Bertz CT molecular complexity index is 1610. The number of methoxy groups -OCH3 is 1. The SMILES string of the molecule is COc1cc(-c2cccc(-c3cccc(NC(=O)C4CN(C)C(=O)N(C)C4=O)c3C)c2Cl)cc(F)c1CN(C)[C@@H]1CCOC1. The number of hydrogen-bond acceptors (Lipinski definition) is 6. The molecule has 2 aliphatic rings. The maximum Gasteiger partial charge on any atom is 0.326 e. The number of hydrogen-bond donors (Lipinski definition) is 1. The third kappa shape index (κ3) is 6.02. The Morgan fingerprint density at radius 2 is 1.84 bits per heavy atom. The van der Waals surface area contributed by atoms with E-state index in [0.29, 0.717) is 58.5 Å². The van der Waals surface area contributed by atoms with Gasteiger partial charge < -0.3 is 19.7 Å². The first-order valence-electron chi connectivity index (χ1n) is 14.4. The van der Waals surface area contributed by atoms with Gasteiger partial charge in [-0.15, -0.1) is 0 Å². The second-order valence-electron chi connectivity index (χ2n) is 11.3. The van der Waals surface area contributed by atoms with Gasteiger partial charge in [0.1, 0.15) is 17.5 Å². The minimum absolute atomic E-state index is 0.00938. The quantitative estimate of drug-likeness (QED) is 0.337. The molecular weight excluding hydrogens is 587 g/mol. The summed E-state index contributed by atoms with van der Waals surface area (Å²) in [5, 5.41) is 3.28. The third-order valence-electron chi connectivity index (χ3n) is 8.52. The molecule has 2 fully saturated rings. The van der Waals surface area contributed by atoms with Gasteiger partial charge in [-0.1, -0.05) is 41.9 Å². The Balaban J connectivity index is 1.43. The van der Waals surface area contributed by atoms with Crippen LogP contribution in [-0.2, 0) is 20.9 Å². The fourth-order valence-corrected chi connectivity index (χ4v) is 6.14. The molecule has 232 valence electrons. The molecule has 2 atom stereocenters. The number of nitrogens with one attached hydrogen (secondary N) is 1. The van der Waals surface area contributed by atoms with Gasteiger partial charge in [0.15, 0.2) is 0 Å². The number of rotatable bonds is 8. The highest BCUT2D eigenvalue weighted by molar-refractivity contribution is 6.36. The van der Waals surface area contributed by atoms with Crippen LogP contribution in [0.3, 0.4) is 0 Å². The summed E-state index contributed by atoms with van der Waals surface area (Å²) >= 11 is 6.99. The van der Waals surface area contributed by atoms with Gasteiger partial charge in [0.2, 0.25) is 11.8 Å². The minimum atomic E-state index is -1.03. The van der Waals surface area contributed by atoms with E-state index in [1.54, 1.807) is 25.2 Å². The molecular formula is C33H36ClFN4O5. The van der Waals surface area contributed by atoms with E-state index in [2.05, 4.69) is 10.2 Å². The summed E-state index contributed by atoms with van der Waals surface area (Å²) in [6.07, 6.45) is 0.902. The molecule has 1 unspecified atom stereocenters. The summed E-state index contributed by atoms with van der Waals surface area (Å²) in [7, 11) is 6.39. The van der Waals surface area contributed by atoms with Crippen molar-refractivity contribution < 1.29 is 28.2 Å². The van der Waals surface area contributed by atoms with Gasteiger partial charge in [0, 0.05) is 62.2 Å². The van der Waals surface area contributed by atoms with E-state index >= 15 is 4.39 Å². The van der Waals surface area contributed by atoms with Crippen molar-refractivity contribution in [2.24, 2.45) is 5.92 Å². The lowest BCUT2D eigenvalue weighted by Crippen LogP contribution is -2.56. The Morgan fingerprint density at radius 3 is 2.55 bits per heavy atom. The zero-order valence-corrected chi connectivity index (χ0v) is 26.2. The lowest BCUT2D eigenvalue weighted by Gasteiger charge is -2.33. The Hall–Kier alpha value is -3.99. The van der Waals surface area contributed by atoms with Gasteiger partial charge in [-0.2, -0.15) is 0 Å². The van der Waals surface area contributed by atoms with Crippen molar-refractivity contribution in [3.63, 3.8) is 0 Å². The van der Waals surface area contributed by atoms with E-state index in [0.717, 1.165) is 22.4 Å². The summed E-state index contributed by atoms with van der Waals surface area (Å²) in [6.45, 7) is 3.55. The molecule has 1 N–H and O–H groups in total. The molecule has 0 spiro atoms. The monoisotopic (exact) mass is 622 g/mol. The fourth-order valence-electron chi connectivity index (χ4n) is 5.81. The number of imide groups is 1. The summed E-state index contributed by atoms with van der Waals surface area (Å²) in [5.41, 5.74) is 4.37. The van der Waals surface area contributed by atoms with Crippen molar-refractivity contribution in [1.29, 1.82) is 0 Å². The number of carbonyl (C=O) groups is 3. The van der Waals surface area contributed by atoms with E-state index in [1.807, 2.05) is 38.2 Å². The molecule has 2 heterocycles. The molecule has 0 saturated carbocycles. The molecule has 11 heteroatoms. The predicted molar refractivity (Wildman–Crippen MR) is 167 cm³/mol. The molecule has 44 heavy (non-hydrogen) atoms. The molecule has 0 radical (unpaired) electrons. The highest BCUT2D eigenvalue weighted by Gasteiger charge is 2.39. The number of benzene rings is 3. The second kappa shape index (κ2) is 12.9. The number of urea groups is 1. The fraction of sp³-hybridized carbons (Fsp3) is 0.364. The summed E-state index contributed by atoms with van der Waals surface area (Å²) in [4.78, 5) is 42.3. The van der Waals surface area contributed by atoms with Crippen LogP contribution in [-0.4, -0.2) is 86.6 Å². The number of halogens is 2. The number of likely N-dealkylation sites (N-methyl/N-ethyl adjacent to an activating group) is 1. The van der Waals surface area contributed by atoms with E-state index in [-0.39, 0.29) is 18.4 Å². The van der Waals surface area contributed by atoms with Crippen molar-refractivity contribution in [2.75, 3.05) is 53.3 Å². The average molecular weight is 623 g/mol. The van der Waals surface area contributed by atoms with Crippen LogP contribution < -0.4 is 10.1 Å². The van der Waals surface area contributed by atoms with Crippen LogP contribution >= 0.6 is 11.6 Å². The summed E-state index contributed by atoms with van der Waals surface area (Å²) in [6, 6.07) is 14.0. The highest BCUT2D eigenvalue weighted by atomic mass is 35.5. The number of carbonyl (C=O) groups excluding carboxylic acids is 3. The van der Waals surface area contributed by atoms with Gasteiger partial charge in [0.05, 0.1) is 18.7 Å². The standard InChI is InChI=1S/C33H36ClFN4O5/c1-19-22(8-7-11-28(19)36-31(40)26-17-38(3)33(42)39(4)32(26)41)24-10-6-9-23(30(24)34)20-14-27(35)25(29(15-20)43-5)16-37(2)21-12-13-44-18-21/h6-11,14-15,21,26H,12-13,16-18H2,1-5H3,(H,36,40)/t21-,26?/m1/s1. The summed E-state index contributed by atoms with van der Waals surface area (Å²) < 4.78 is 26.7. The van der Waals surface area contributed by atoms with Crippen LogP contribution in [0.15, 0.2) is 48.5 Å². The second-order valence-corrected chi connectivity index (χ2v) is 11.7. The van der Waals surface area contributed by atoms with Crippen molar-refractivity contribution in [3.8, 4) is 28.0 Å². The van der Waals surface area contributed by atoms with Crippen LogP contribution in [0.25, 0.3) is 22.3 Å². The first-order valence-corrected chi connectivity index (χ1v) is 14.8. The maximum absolute atomic E-state index is 15.6. The smallest absolute Gasteiger partial charge is 0.326 e. The maximum atomic E-state index is 15.6. The highest BCUT2D eigenvalue weighted by Crippen LogP contribution is 2.41. The van der Waals surface area contributed by atoms with Gasteiger partial charge in [-0.05, 0) is 55.3 Å². The molecule has 0 aliphatic carbocycles. The van der Waals surface area contributed by atoms with Gasteiger partial charge >= 0.3 is 6.03 Å². The first kappa shape index (κ1) is 31.4. The molecule has 2 aliphatic heterocycles. The molecule has 3 aromatic rings. The van der Waals surface area contributed by atoms with Crippen molar-refractivity contribution >= 4 is 35.1 Å². The molecule has 2 saturated heterocycles. The summed E-state index contributed by atoms with van der Waals surface area (Å²) in [5.74, 6) is -2.04. The first-order chi connectivity index (χ1) is 21.0. The van der Waals surface area contributed by atoms with Crippen LogP contribution in [0.4, 0.5) is 14.9 Å².